The SMILES string of the molecule is CCOc1cc(C(=O)Nc2ccc(NC(=O)c3cccc(OC(C)=O)c3)cc2)cc(OCC)c1OCC. The highest BCUT2D eigenvalue weighted by atomic mass is 16.5. The molecule has 0 bridgehead atoms. The van der Waals surface area contributed by atoms with Crippen molar-refractivity contribution in [2.45, 2.75) is 27.7 Å². The zero-order valence-electron chi connectivity index (χ0n) is 21.3. The minimum atomic E-state index is -0.469. The van der Waals surface area contributed by atoms with E-state index in [-0.39, 0.29) is 17.6 Å². The minimum Gasteiger partial charge on any atom is -0.490 e. The zero-order chi connectivity index (χ0) is 26.8. The zero-order valence-corrected chi connectivity index (χ0v) is 21.3. The van der Waals surface area contributed by atoms with Gasteiger partial charge in [0, 0.05) is 29.4 Å². The third-order valence-corrected chi connectivity index (χ3v) is 4.93. The van der Waals surface area contributed by atoms with E-state index in [1.54, 1.807) is 54.6 Å². The van der Waals surface area contributed by atoms with Crippen LogP contribution in [0.2, 0.25) is 0 Å². The minimum absolute atomic E-state index is 0.285. The number of anilines is 2. The van der Waals surface area contributed by atoms with E-state index in [4.69, 9.17) is 18.9 Å². The molecule has 9 heteroatoms. The molecule has 2 amide bonds. The normalized spacial score (nSPS) is 10.3. The van der Waals surface area contributed by atoms with Gasteiger partial charge in [0.1, 0.15) is 5.75 Å². The van der Waals surface area contributed by atoms with Gasteiger partial charge in [-0.2, -0.15) is 0 Å². The Morgan fingerprint density at radius 1 is 0.676 bits per heavy atom. The monoisotopic (exact) mass is 506 g/mol. The molecule has 9 nitrogen and oxygen atoms in total. The fraction of sp³-hybridized carbons (Fsp3) is 0.250. The Bertz CT molecular complexity index is 1230. The Balaban J connectivity index is 1.72. The maximum absolute atomic E-state index is 13.0. The Hall–Kier alpha value is -4.53. The number of rotatable bonds is 11. The maximum atomic E-state index is 13.0. The average molecular weight is 507 g/mol. The first-order valence-electron chi connectivity index (χ1n) is 11.9. The fourth-order valence-corrected chi connectivity index (χ4v) is 3.43. The molecule has 2 N–H and O–H groups in total. The molecule has 3 aromatic rings. The predicted octanol–water partition coefficient (Wildman–Crippen LogP) is 5.31. The van der Waals surface area contributed by atoms with Crippen LogP contribution in [0.15, 0.2) is 60.7 Å². The number of amides is 2. The fourth-order valence-electron chi connectivity index (χ4n) is 3.43. The first kappa shape index (κ1) is 27.1. The molecule has 0 unspecified atom stereocenters. The van der Waals surface area contributed by atoms with E-state index in [0.29, 0.717) is 59.6 Å². The molecule has 0 aliphatic rings. The van der Waals surface area contributed by atoms with Gasteiger partial charge in [0.05, 0.1) is 19.8 Å². The topological polar surface area (TPSA) is 112 Å². The smallest absolute Gasteiger partial charge is 0.308 e. The predicted molar refractivity (Wildman–Crippen MR) is 140 cm³/mol. The summed E-state index contributed by atoms with van der Waals surface area (Å²) >= 11 is 0. The summed E-state index contributed by atoms with van der Waals surface area (Å²) in [5, 5.41) is 5.61. The van der Waals surface area contributed by atoms with Crippen molar-refractivity contribution in [3.63, 3.8) is 0 Å². The quantitative estimate of drug-likeness (QED) is 0.268. The molecular weight excluding hydrogens is 476 g/mol. The van der Waals surface area contributed by atoms with Crippen LogP contribution in [0.3, 0.4) is 0 Å². The molecule has 0 atom stereocenters. The van der Waals surface area contributed by atoms with E-state index in [1.807, 2.05) is 20.8 Å². The lowest BCUT2D eigenvalue weighted by Crippen LogP contribution is -2.14. The van der Waals surface area contributed by atoms with Gasteiger partial charge in [0.2, 0.25) is 5.75 Å². The van der Waals surface area contributed by atoms with Crippen LogP contribution in [0.5, 0.6) is 23.0 Å². The van der Waals surface area contributed by atoms with Crippen LogP contribution in [0.1, 0.15) is 48.4 Å². The summed E-state index contributed by atoms with van der Waals surface area (Å²) in [6.45, 7) is 8.07. The number of esters is 1. The number of hydrogen-bond acceptors (Lipinski definition) is 7. The molecule has 0 saturated carbocycles. The molecule has 0 saturated heterocycles. The van der Waals surface area contributed by atoms with Crippen molar-refractivity contribution in [2.75, 3.05) is 30.5 Å². The number of carbonyl (C=O) groups excluding carboxylic acids is 3. The van der Waals surface area contributed by atoms with Crippen LogP contribution in [-0.4, -0.2) is 37.6 Å². The van der Waals surface area contributed by atoms with Crippen LogP contribution in [0, 0.1) is 0 Å². The molecule has 194 valence electrons. The van der Waals surface area contributed by atoms with E-state index in [9.17, 15) is 14.4 Å². The van der Waals surface area contributed by atoms with Gasteiger partial charge in [0.15, 0.2) is 11.5 Å². The number of benzene rings is 3. The van der Waals surface area contributed by atoms with Gasteiger partial charge in [-0.3, -0.25) is 14.4 Å². The number of nitrogens with one attached hydrogen (secondary N) is 2. The number of ether oxygens (including phenoxy) is 4. The van der Waals surface area contributed by atoms with Crippen LogP contribution in [-0.2, 0) is 4.79 Å². The highest BCUT2D eigenvalue weighted by Crippen LogP contribution is 2.39. The Morgan fingerprint density at radius 3 is 1.68 bits per heavy atom. The molecule has 0 radical (unpaired) electrons. The van der Waals surface area contributed by atoms with Crippen molar-refractivity contribution < 1.29 is 33.3 Å². The van der Waals surface area contributed by atoms with Crippen molar-refractivity contribution in [3.05, 3.63) is 71.8 Å². The first-order valence-corrected chi connectivity index (χ1v) is 11.9. The first-order chi connectivity index (χ1) is 17.8. The average Bonchev–Trinajstić information content (AvgIpc) is 2.87. The van der Waals surface area contributed by atoms with E-state index < -0.39 is 5.97 Å². The van der Waals surface area contributed by atoms with Crippen molar-refractivity contribution >= 4 is 29.2 Å². The largest absolute Gasteiger partial charge is 0.490 e. The second-order valence-electron chi connectivity index (χ2n) is 7.71. The maximum Gasteiger partial charge on any atom is 0.308 e. The molecule has 0 aliphatic carbocycles. The second kappa shape index (κ2) is 13.0. The van der Waals surface area contributed by atoms with E-state index in [1.165, 1.54) is 13.0 Å². The standard InChI is InChI=1S/C28H30N2O7/c1-5-34-24-16-20(17-25(35-6-2)26(24)36-7-3)28(33)30-22-13-11-21(12-14-22)29-27(32)19-9-8-10-23(15-19)37-18(4)31/h8-17H,5-7H2,1-4H3,(H,29,32)(H,30,33). The highest BCUT2D eigenvalue weighted by molar-refractivity contribution is 6.06. The van der Waals surface area contributed by atoms with E-state index >= 15 is 0 Å². The van der Waals surface area contributed by atoms with Crippen molar-refractivity contribution in [1.29, 1.82) is 0 Å². The van der Waals surface area contributed by atoms with Crippen molar-refractivity contribution in [3.8, 4) is 23.0 Å². The van der Waals surface area contributed by atoms with Gasteiger partial charge in [-0.25, -0.2) is 0 Å². The third-order valence-electron chi connectivity index (χ3n) is 4.93. The summed E-state index contributed by atoms with van der Waals surface area (Å²) in [7, 11) is 0. The summed E-state index contributed by atoms with van der Waals surface area (Å²) in [6.07, 6.45) is 0. The third kappa shape index (κ3) is 7.47. The molecule has 3 aromatic carbocycles. The Kier molecular flexibility index (Phi) is 9.48. The van der Waals surface area contributed by atoms with Crippen LogP contribution >= 0.6 is 0 Å². The highest BCUT2D eigenvalue weighted by Gasteiger charge is 2.18. The second-order valence-corrected chi connectivity index (χ2v) is 7.71. The van der Waals surface area contributed by atoms with Crippen molar-refractivity contribution in [1.82, 2.24) is 0 Å². The lowest BCUT2D eigenvalue weighted by molar-refractivity contribution is -0.131. The van der Waals surface area contributed by atoms with Crippen molar-refractivity contribution in [2.24, 2.45) is 0 Å². The Labute approximate surface area is 215 Å². The molecule has 0 aliphatic heterocycles. The summed E-state index contributed by atoms with van der Waals surface area (Å²) < 4.78 is 22.1. The lowest BCUT2D eigenvalue weighted by Gasteiger charge is -2.17. The molecule has 37 heavy (non-hydrogen) atoms. The number of carbonyl (C=O) groups is 3. The summed E-state index contributed by atoms with van der Waals surface area (Å²) in [5.74, 6) is 0.404. The van der Waals surface area contributed by atoms with Gasteiger partial charge in [0.25, 0.3) is 11.8 Å². The van der Waals surface area contributed by atoms with Crippen LogP contribution in [0.4, 0.5) is 11.4 Å². The molecule has 0 heterocycles. The van der Waals surface area contributed by atoms with Gasteiger partial charge in [-0.05, 0) is 75.4 Å². The van der Waals surface area contributed by atoms with Crippen LogP contribution < -0.4 is 29.6 Å². The van der Waals surface area contributed by atoms with Gasteiger partial charge >= 0.3 is 5.97 Å². The summed E-state index contributed by atoms with van der Waals surface area (Å²) in [6, 6.07) is 16.2. The summed E-state index contributed by atoms with van der Waals surface area (Å²) in [4.78, 5) is 36.7. The van der Waals surface area contributed by atoms with Gasteiger partial charge < -0.3 is 29.6 Å². The Morgan fingerprint density at radius 2 is 1.19 bits per heavy atom. The molecule has 0 fully saturated rings. The van der Waals surface area contributed by atoms with E-state index in [0.717, 1.165) is 0 Å². The molecule has 0 aromatic heterocycles. The molecule has 3 rings (SSSR count). The van der Waals surface area contributed by atoms with E-state index in [2.05, 4.69) is 10.6 Å². The lowest BCUT2D eigenvalue weighted by atomic mass is 10.1. The van der Waals surface area contributed by atoms with Gasteiger partial charge in [-0.15, -0.1) is 0 Å². The number of hydrogen-bond donors (Lipinski definition) is 2. The molecular formula is C28H30N2O7. The van der Waals surface area contributed by atoms with Crippen LogP contribution in [0.25, 0.3) is 0 Å². The molecule has 0 spiro atoms. The summed E-state index contributed by atoms with van der Waals surface area (Å²) in [5.41, 5.74) is 1.74. The van der Waals surface area contributed by atoms with Gasteiger partial charge in [-0.1, -0.05) is 6.07 Å².